The van der Waals surface area contributed by atoms with E-state index in [1.807, 2.05) is 66.9 Å². The maximum absolute atomic E-state index is 13.9. The van der Waals surface area contributed by atoms with Crippen LogP contribution in [0.5, 0.6) is 5.75 Å². The number of nitrogens with zero attached hydrogens (tertiary/aromatic N) is 3. The van der Waals surface area contributed by atoms with Crippen LogP contribution in [-0.2, 0) is 4.79 Å². The van der Waals surface area contributed by atoms with Crippen molar-refractivity contribution < 1.29 is 9.53 Å². The molecule has 1 fully saturated rings. The highest BCUT2D eigenvalue weighted by Crippen LogP contribution is 2.29. The van der Waals surface area contributed by atoms with Gasteiger partial charge in [0.05, 0.1) is 18.0 Å². The fraction of sp³-hybridized carbons (Fsp3) is 0.333. The standard InChI is InChI=1S/C27H28N4O3S3/c1-3-34-20-14-12-19(13-15-20)30-24-23(37-27(30)35)25(33)31(21-11-7-4-8-17(21)2)26(29-24)36-16-22(32)28-18-9-5-6-10-18/h4,7-8,11-15,18H,3,5-6,9-10,16H2,1-2H3,(H,28,32). The third-order valence-electron chi connectivity index (χ3n) is 6.39. The molecular weight excluding hydrogens is 525 g/mol. The van der Waals surface area contributed by atoms with Crippen LogP contribution in [0.15, 0.2) is 58.5 Å². The highest BCUT2D eigenvalue weighted by molar-refractivity contribution is 7.99. The van der Waals surface area contributed by atoms with Crippen molar-refractivity contribution in [1.82, 2.24) is 19.4 Å². The Bertz CT molecular complexity index is 1550. The Balaban J connectivity index is 1.60. The first kappa shape index (κ1) is 25.7. The SMILES string of the molecule is CCOc1ccc(-n2c(=S)sc3c(=O)n(-c4ccccc4C)c(SCC(=O)NC4CCCC4)nc32)cc1. The number of amides is 1. The monoisotopic (exact) mass is 552 g/mol. The van der Waals surface area contributed by atoms with Crippen LogP contribution in [0.25, 0.3) is 21.7 Å². The third-order valence-corrected chi connectivity index (χ3v) is 8.68. The summed E-state index contributed by atoms with van der Waals surface area (Å²) in [5.74, 6) is 0.891. The number of hydrogen-bond acceptors (Lipinski definition) is 7. The third kappa shape index (κ3) is 5.37. The van der Waals surface area contributed by atoms with Gasteiger partial charge in [0.2, 0.25) is 5.91 Å². The van der Waals surface area contributed by atoms with E-state index < -0.39 is 0 Å². The maximum atomic E-state index is 13.9. The number of thiazole rings is 1. The molecule has 2 aromatic heterocycles. The minimum Gasteiger partial charge on any atom is -0.494 e. The van der Waals surface area contributed by atoms with Gasteiger partial charge in [-0.1, -0.05) is 54.1 Å². The number of thioether (sulfide) groups is 1. The van der Waals surface area contributed by atoms with Crippen LogP contribution in [0, 0.1) is 10.9 Å². The second-order valence-electron chi connectivity index (χ2n) is 8.94. The van der Waals surface area contributed by atoms with E-state index in [9.17, 15) is 9.59 Å². The largest absolute Gasteiger partial charge is 0.494 e. The minimum absolute atomic E-state index is 0.0451. The molecule has 4 aromatic rings. The molecule has 0 saturated heterocycles. The van der Waals surface area contributed by atoms with Gasteiger partial charge in [-0.25, -0.2) is 4.98 Å². The summed E-state index contributed by atoms with van der Waals surface area (Å²) in [6.45, 7) is 4.47. The molecule has 1 amide bonds. The lowest BCUT2D eigenvalue weighted by atomic mass is 10.2. The quantitative estimate of drug-likeness (QED) is 0.168. The summed E-state index contributed by atoms with van der Waals surface area (Å²) in [5.41, 5.74) is 2.78. The molecule has 0 radical (unpaired) electrons. The molecule has 7 nitrogen and oxygen atoms in total. The van der Waals surface area contributed by atoms with Crippen LogP contribution in [0.4, 0.5) is 0 Å². The summed E-state index contributed by atoms with van der Waals surface area (Å²) >= 11 is 8.20. The molecule has 192 valence electrons. The number of benzene rings is 2. The predicted molar refractivity (Wildman–Crippen MR) is 152 cm³/mol. The maximum Gasteiger partial charge on any atom is 0.278 e. The fourth-order valence-electron chi connectivity index (χ4n) is 4.61. The molecular formula is C27H28N4O3S3. The number of fused-ring (bicyclic) bond motifs is 1. The number of carbonyl (C=O) groups excluding carboxylic acids is 1. The number of rotatable bonds is 8. The van der Waals surface area contributed by atoms with Crippen LogP contribution in [0.2, 0.25) is 0 Å². The second kappa shape index (κ2) is 11.2. The lowest BCUT2D eigenvalue weighted by molar-refractivity contribution is -0.119. The van der Waals surface area contributed by atoms with Gasteiger partial charge in [-0.05, 0) is 74.8 Å². The first-order chi connectivity index (χ1) is 18.0. The van der Waals surface area contributed by atoms with Gasteiger partial charge in [0, 0.05) is 11.7 Å². The molecule has 1 saturated carbocycles. The first-order valence-corrected chi connectivity index (χ1v) is 14.6. The summed E-state index contributed by atoms with van der Waals surface area (Å²) in [7, 11) is 0. The molecule has 0 spiro atoms. The molecule has 1 aliphatic carbocycles. The van der Waals surface area contributed by atoms with E-state index >= 15 is 0 Å². The first-order valence-electron chi connectivity index (χ1n) is 12.4. The Morgan fingerprint density at radius 3 is 2.59 bits per heavy atom. The van der Waals surface area contributed by atoms with Crippen molar-refractivity contribution in [3.05, 3.63) is 68.4 Å². The number of ether oxygens (including phenoxy) is 1. The summed E-state index contributed by atoms with van der Waals surface area (Å²) < 4.78 is 10.00. The number of nitrogens with one attached hydrogen (secondary N) is 1. The highest BCUT2D eigenvalue weighted by Gasteiger charge is 2.22. The van der Waals surface area contributed by atoms with Crippen molar-refractivity contribution in [1.29, 1.82) is 0 Å². The zero-order valence-corrected chi connectivity index (χ0v) is 23.2. The topological polar surface area (TPSA) is 78.1 Å². The van der Waals surface area contributed by atoms with Gasteiger partial charge in [0.25, 0.3) is 5.56 Å². The molecule has 0 atom stereocenters. The lowest BCUT2D eigenvalue weighted by Gasteiger charge is -2.15. The van der Waals surface area contributed by atoms with E-state index in [1.165, 1.54) is 23.1 Å². The van der Waals surface area contributed by atoms with Crippen LogP contribution < -0.4 is 15.6 Å². The van der Waals surface area contributed by atoms with Gasteiger partial charge in [-0.2, -0.15) is 0 Å². The molecule has 0 aliphatic heterocycles. The highest BCUT2D eigenvalue weighted by atomic mass is 32.2. The molecule has 2 aromatic carbocycles. The Hall–Kier alpha value is -2.95. The number of aryl methyl sites for hydroxylation is 1. The molecule has 2 heterocycles. The number of carbonyl (C=O) groups is 1. The van der Waals surface area contributed by atoms with Crippen molar-refractivity contribution in [2.45, 2.75) is 50.7 Å². The van der Waals surface area contributed by atoms with E-state index in [2.05, 4.69) is 5.32 Å². The zero-order valence-electron chi connectivity index (χ0n) is 20.7. The van der Waals surface area contributed by atoms with Crippen LogP contribution in [0.1, 0.15) is 38.2 Å². The minimum atomic E-state index is -0.196. The van der Waals surface area contributed by atoms with E-state index in [1.54, 1.807) is 4.57 Å². The Morgan fingerprint density at radius 2 is 1.89 bits per heavy atom. The van der Waals surface area contributed by atoms with Gasteiger partial charge in [0.1, 0.15) is 10.4 Å². The van der Waals surface area contributed by atoms with Crippen molar-refractivity contribution in [2.75, 3.05) is 12.4 Å². The van der Waals surface area contributed by atoms with Gasteiger partial charge >= 0.3 is 0 Å². The molecule has 37 heavy (non-hydrogen) atoms. The fourth-order valence-corrected chi connectivity index (χ4v) is 6.73. The molecule has 0 bridgehead atoms. The lowest BCUT2D eigenvalue weighted by Crippen LogP contribution is -2.34. The summed E-state index contributed by atoms with van der Waals surface area (Å²) in [6, 6.07) is 15.5. The van der Waals surface area contributed by atoms with Crippen LogP contribution in [-0.4, -0.2) is 38.4 Å². The van der Waals surface area contributed by atoms with E-state index in [0.717, 1.165) is 48.4 Å². The predicted octanol–water partition coefficient (Wildman–Crippen LogP) is 5.83. The van der Waals surface area contributed by atoms with Crippen LogP contribution >= 0.6 is 35.3 Å². The van der Waals surface area contributed by atoms with E-state index in [4.69, 9.17) is 21.9 Å². The van der Waals surface area contributed by atoms with Crippen molar-refractivity contribution in [3.63, 3.8) is 0 Å². The normalized spacial score (nSPS) is 13.8. The van der Waals surface area contributed by atoms with Crippen molar-refractivity contribution >= 4 is 51.6 Å². The average Bonchev–Trinajstić information content (AvgIpc) is 3.51. The molecule has 1 N–H and O–H groups in total. The van der Waals surface area contributed by atoms with E-state index in [-0.39, 0.29) is 23.3 Å². The van der Waals surface area contributed by atoms with E-state index in [0.29, 0.717) is 26.1 Å². The van der Waals surface area contributed by atoms with Gasteiger partial charge in [-0.15, -0.1) is 0 Å². The number of para-hydroxylation sites is 1. The van der Waals surface area contributed by atoms with Crippen molar-refractivity contribution in [3.8, 4) is 17.1 Å². The van der Waals surface area contributed by atoms with Crippen molar-refractivity contribution in [2.24, 2.45) is 0 Å². The smallest absolute Gasteiger partial charge is 0.278 e. The molecule has 10 heteroatoms. The molecule has 5 rings (SSSR count). The molecule has 1 aliphatic rings. The van der Waals surface area contributed by atoms with Gasteiger partial charge in [-0.3, -0.25) is 18.7 Å². The summed E-state index contributed by atoms with van der Waals surface area (Å²) in [4.78, 5) is 31.6. The Kier molecular flexibility index (Phi) is 7.78. The number of hydrogen-bond donors (Lipinski definition) is 1. The number of aromatic nitrogens is 3. The second-order valence-corrected chi connectivity index (χ2v) is 11.5. The zero-order chi connectivity index (χ0) is 25.9. The van der Waals surface area contributed by atoms with Gasteiger partial charge < -0.3 is 10.1 Å². The summed E-state index contributed by atoms with van der Waals surface area (Å²) in [6.07, 6.45) is 4.34. The summed E-state index contributed by atoms with van der Waals surface area (Å²) in [5, 5.41) is 3.58. The molecule has 0 unspecified atom stereocenters. The van der Waals surface area contributed by atoms with Gasteiger partial charge in [0.15, 0.2) is 14.8 Å². The Labute approximate surface area is 228 Å². The van der Waals surface area contributed by atoms with Crippen LogP contribution in [0.3, 0.4) is 0 Å². The Morgan fingerprint density at radius 1 is 1.16 bits per heavy atom. The average molecular weight is 553 g/mol.